The van der Waals surface area contributed by atoms with Crippen LogP contribution in [-0.2, 0) is 0 Å². The molecule has 0 bridgehead atoms. The number of nitrogens with one attached hydrogen (secondary N) is 1. The maximum Gasteiger partial charge on any atom is 0.0962 e. The average Bonchev–Trinajstić information content (AvgIpc) is 2.42. The smallest absolute Gasteiger partial charge is 0.0962 e. The molecule has 0 spiro atoms. The standard InChI is InChI=1S/C10H14N2O/c1-6(5-11)10(13)9-4-7(2)12-8(9)3/h4,6,10,12-13H,1-3H3. The van der Waals surface area contributed by atoms with Gasteiger partial charge in [0.1, 0.15) is 0 Å². The van der Waals surface area contributed by atoms with E-state index < -0.39 is 6.10 Å². The second-order valence-corrected chi connectivity index (χ2v) is 3.40. The van der Waals surface area contributed by atoms with E-state index >= 15 is 0 Å². The number of rotatable bonds is 2. The van der Waals surface area contributed by atoms with Crippen LogP contribution in [0, 0.1) is 31.1 Å². The predicted molar refractivity (Wildman–Crippen MR) is 50.0 cm³/mol. The first-order chi connectivity index (χ1) is 6.06. The summed E-state index contributed by atoms with van der Waals surface area (Å²) in [6.07, 6.45) is -0.685. The maximum atomic E-state index is 9.74. The molecule has 3 nitrogen and oxygen atoms in total. The molecule has 0 aliphatic rings. The van der Waals surface area contributed by atoms with Crippen LogP contribution >= 0.6 is 0 Å². The molecule has 0 saturated heterocycles. The summed E-state index contributed by atoms with van der Waals surface area (Å²) in [7, 11) is 0. The van der Waals surface area contributed by atoms with Gasteiger partial charge in [-0.3, -0.25) is 0 Å². The summed E-state index contributed by atoms with van der Waals surface area (Å²) < 4.78 is 0. The highest BCUT2D eigenvalue weighted by Crippen LogP contribution is 2.24. The lowest BCUT2D eigenvalue weighted by Gasteiger charge is -2.11. The van der Waals surface area contributed by atoms with E-state index in [1.807, 2.05) is 26.0 Å². The van der Waals surface area contributed by atoms with Gasteiger partial charge in [0.2, 0.25) is 0 Å². The number of aromatic amines is 1. The van der Waals surface area contributed by atoms with Crippen molar-refractivity contribution < 1.29 is 5.11 Å². The topological polar surface area (TPSA) is 59.8 Å². The number of hydrogen-bond donors (Lipinski definition) is 2. The van der Waals surface area contributed by atoms with Crippen molar-refractivity contribution >= 4 is 0 Å². The summed E-state index contributed by atoms with van der Waals surface area (Å²) >= 11 is 0. The van der Waals surface area contributed by atoms with Crippen LogP contribution in [0.15, 0.2) is 6.07 Å². The van der Waals surface area contributed by atoms with Crippen molar-refractivity contribution in [3.05, 3.63) is 23.0 Å². The molecule has 0 saturated carbocycles. The highest BCUT2D eigenvalue weighted by molar-refractivity contribution is 5.27. The largest absolute Gasteiger partial charge is 0.387 e. The van der Waals surface area contributed by atoms with E-state index in [0.29, 0.717) is 0 Å². The van der Waals surface area contributed by atoms with Crippen LogP contribution in [0.5, 0.6) is 0 Å². The molecule has 0 aliphatic carbocycles. The Morgan fingerprint density at radius 1 is 1.54 bits per heavy atom. The Hall–Kier alpha value is -1.27. The first kappa shape index (κ1) is 9.82. The second kappa shape index (κ2) is 3.63. The molecule has 2 N–H and O–H groups in total. The van der Waals surface area contributed by atoms with Gasteiger partial charge in [-0.05, 0) is 26.8 Å². The molecule has 1 aromatic heterocycles. The normalized spacial score (nSPS) is 15.0. The summed E-state index contributed by atoms with van der Waals surface area (Å²) in [5, 5.41) is 18.4. The molecule has 1 heterocycles. The number of hydrogen-bond acceptors (Lipinski definition) is 2. The third-order valence-electron chi connectivity index (χ3n) is 2.19. The summed E-state index contributed by atoms with van der Waals surface area (Å²) in [6, 6.07) is 3.92. The summed E-state index contributed by atoms with van der Waals surface area (Å²) in [4.78, 5) is 3.10. The Labute approximate surface area is 78.0 Å². The molecule has 70 valence electrons. The van der Waals surface area contributed by atoms with Gasteiger partial charge >= 0.3 is 0 Å². The van der Waals surface area contributed by atoms with Crippen molar-refractivity contribution in [3.8, 4) is 6.07 Å². The third kappa shape index (κ3) is 1.90. The Morgan fingerprint density at radius 2 is 2.15 bits per heavy atom. The first-order valence-corrected chi connectivity index (χ1v) is 4.30. The van der Waals surface area contributed by atoms with Gasteiger partial charge in [0.15, 0.2) is 0 Å². The van der Waals surface area contributed by atoms with Crippen molar-refractivity contribution in [1.29, 1.82) is 5.26 Å². The SMILES string of the molecule is Cc1cc(C(O)C(C)C#N)c(C)[nH]1. The Kier molecular flexibility index (Phi) is 2.74. The predicted octanol–water partition coefficient (Wildman–Crippen LogP) is 1.82. The van der Waals surface area contributed by atoms with E-state index in [0.717, 1.165) is 17.0 Å². The van der Waals surface area contributed by atoms with Gasteiger partial charge < -0.3 is 10.1 Å². The van der Waals surface area contributed by atoms with E-state index in [1.165, 1.54) is 0 Å². The lowest BCUT2D eigenvalue weighted by Crippen LogP contribution is -2.07. The van der Waals surface area contributed by atoms with Crippen molar-refractivity contribution in [2.24, 2.45) is 5.92 Å². The van der Waals surface area contributed by atoms with Crippen LogP contribution in [0.4, 0.5) is 0 Å². The highest BCUT2D eigenvalue weighted by Gasteiger charge is 2.18. The summed E-state index contributed by atoms with van der Waals surface area (Å²) in [5.74, 6) is -0.367. The van der Waals surface area contributed by atoms with Crippen LogP contribution in [0.3, 0.4) is 0 Å². The zero-order chi connectivity index (χ0) is 10.0. The third-order valence-corrected chi connectivity index (χ3v) is 2.19. The first-order valence-electron chi connectivity index (χ1n) is 4.30. The van der Waals surface area contributed by atoms with Gasteiger partial charge in [-0.15, -0.1) is 0 Å². The van der Waals surface area contributed by atoms with Crippen LogP contribution in [0.1, 0.15) is 30.0 Å². The zero-order valence-electron chi connectivity index (χ0n) is 8.13. The molecule has 2 unspecified atom stereocenters. The van der Waals surface area contributed by atoms with Gasteiger partial charge in [0.25, 0.3) is 0 Å². The monoisotopic (exact) mass is 178 g/mol. The van der Waals surface area contributed by atoms with Crippen molar-refractivity contribution in [2.45, 2.75) is 26.9 Å². The Bertz CT molecular complexity index is 335. The lowest BCUT2D eigenvalue weighted by molar-refractivity contribution is 0.142. The minimum atomic E-state index is -0.685. The van der Waals surface area contributed by atoms with Crippen molar-refractivity contribution in [3.63, 3.8) is 0 Å². The van der Waals surface area contributed by atoms with Crippen molar-refractivity contribution in [2.75, 3.05) is 0 Å². The lowest BCUT2D eigenvalue weighted by atomic mass is 9.99. The quantitative estimate of drug-likeness (QED) is 0.725. The average molecular weight is 178 g/mol. The van der Waals surface area contributed by atoms with Crippen LogP contribution in [0.2, 0.25) is 0 Å². The summed E-state index contributed by atoms with van der Waals surface area (Å²) in [5.41, 5.74) is 2.77. The molecule has 1 aromatic rings. The number of aromatic nitrogens is 1. The molecule has 13 heavy (non-hydrogen) atoms. The molecule has 0 aromatic carbocycles. The number of nitrogens with zero attached hydrogens (tertiary/aromatic N) is 1. The minimum Gasteiger partial charge on any atom is -0.387 e. The summed E-state index contributed by atoms with van der Waals surface area (Å²) in [6.45, 7) is 5.54. The van der Waals surface area contributed by atoms with Gasteiger partial charge in [-0.2, -0.15) is 5.26 Å². The molecule has 0 radical (unpaired) electrons. The fourth-order valence-electron chi connectivity index (χ4n) is 1.39. The van der Waals surface area contributed by atoms with Gasteiger partial charge in [-0.1, -0.05) is 0 Å². The second-order valence-electron chi connectivity index (χ2n) is 3.40. The molecule has 0 fully saturated rings. The minimum absolute atomic E-state index is 0.367. The number of nitriles is 1. The molecular weight excluding hydrogens is 164 g/mol. The molecule has 2 atom stereocenters. The molecule has 0 amide bonds. The van der Waals surface area contributed by atoms with E-state index in [4.69, 9.17) is 5.26 Å². The van der Waals surface area contributed by atoms with Crippen LogP contribution in [-0.4, -0.2) is 10.1 Å². The maximum absolute atomic E-state index is 9.74. The van der Waals surface area contributed by atoms with E-state index in [-0.39, 0.29) is 5.92 Å². The van der Waals surface area contributed by atoms with Crippen LogP contribution < -0.4 is 0 Å². The molecule has 1 rings (SSSR count). The fraction of sp³-hybridized carbons (Fsp3) is 0.500. The van der Waals surface area contributed by atoms with Gasteiger partial charge in [0.05, 0.1) is 18.1 Å². The van der Waals surface area contributed by atoms with E-state index in [1.54, 1.807) is 6.92 Å². The number of aliphatic hydroxyl groups is 1. The molecule has 0 aliphatic heterocycles. The number of aryl methyl sites for hydroxylation is 2. The van der Waals surface area contributed by atoms with E-state index in [9.17, 15) is 5.11 Å². The van der Waals surface area contributed by atoms with Gasteiger partial charge in [-0.25, -0.2) is 0 Å². The van der Waals surface area contributed by atoms with Crippen LogP contribution in [0.25, 0.3) is 0 Å². The Balaban J connectivity index is 2.95. The molecular formula is C10H14N2O. The fourth-order valence-corrected chi connectivity index (χ4v) is 1.39. The van der Waals surface area contributed by atoms with Gasteiger partial charge in [0, 0.05) is 17.0 Å². The van der Waals surface area contributed by atoms with E-state index in [2.05, 4.69) is 4.98 Å². The number of H-pyrrole nitrogens is 1. The van der Waals surface area contributed by atoms with Crippen molar-refractivity contribution in [1.82, 2.24) is 4.98 Å². The highest BCUT2D eigenvalue weighted by atomic mass is 16.3. The zero-order valence-corrected chi connectivity index (χ0v) is 8.13. The number of aliphatic hydroxyl groups excluding tert-OH is 1. The Morgan fingerprint density at radius 3 is 2.54 bits per heavy atom. The molecule has 3 heteroatoms.